The van der Waals surface area contributed by atoms with Crippen LogP contribution in [0.1, 0.15) is 54.4 Å². The maximum atomic E-state index is 11.7. The number of amides is 1. The van der Waals surface area contributed by atoms with Crippen LogP contribution in [0.4, 0.5) is 4.79 Å². The molecule has 0 bridgehead atoms. The Morgan fingerprint density at radius 1 is 1.24 bits per heavy atom. The van der Waals surface area contributed by atoms with Crippen molar-refractivity contribution in [1.29, 1.82) is 0 Å². The van der Waals surface area contributed by atoms with E-state index in [-0.39, 0.29) is 0 Å². The highest BCUT2D eigenvalue weighted by Crippen LogP contribution is 2.19. The molecule has 0 saturated carbocycles. The fourth-order valence-electron chi connectivity index (χ4n) is 2.57. The number of carbonyl (C=O) groups excluding carboxylic acids is 1. The molecule has 1 aliphatic rings. The lowest BCUT2D eigenvalue weighted by Crippen LogP contribution is -2.32. The van der Waals surface area contributed by atoms with Crippen molar-refractivity contribution in [1.82, 2.24) is 5.32 Å². The van der Waals surface area contributed by atoms with Crippen molar-refractivity contribution in [2.45, 2.75) is 66.3 Å². The van der Waals surface area contributed by atoms with E-state index in [1.54, 1.807) is 0 Å². The molecule has 0 fully saturated rings. The summed E-state index contributed by atoms with van der Waals surface area (Å²) in [7, 11) is 0. The lowest BCUT2D eigenvalue weighted by atomic mass is 10.0. The zero-order valence-electron chi connectivity index (χ0n) is 20.6. The quantitative estimate of drug-likeness (QED) is 0.139. The van der Waals surface area contributed by atoms with Gasteiger partial charge in [-0.05, 0) is 78.0 Å². The summed E-state index contributed by atoms with van der Waals surface area (Å²) in [6, 6.07) is 0. The predicted octanol–water partition coefficient (Wildman–Crippen LogP) is 6.34. The number of carbonyl (C=O) groups is 1. The van der Waals surface area contributed by atoms with Gasteiger partial charge >= 0.3 is 6.09 Å². The van der Waals surface area contributed by atoms with Crippen LogP contribution in [0.2, 0.25) is 0 Å². The molecule has 0 aromatic heterocycles. The maximum Gasteiger partial charge on any atom is 0.407 e. The Kier molecular flexibility index (Phi) is 13.3. The number of hydrogen-bond donors (Lipinski definition) is 1. The zero-order valence-corrected chi connectivity index (χ0v) is 21.3. The summed E-state index contributed by atoms with van der Waals surface area (Å²) in [4.78, 5) is 11.7. The fourth-order valence-corrected chi connectivity index (χ4v) is 2.70. The molecule has 1 amide bonds. The van der Waals surface area contributed by atoms with Gasteiger partial charge in [0.1, 0.15) is 5.60 Å². The molecule has 33 heavy (non-hydrogen) atoms. The van der Waals surface area contributed by atoms with Crippen LogP contribution >= 0.6 is 11.6 Å². The highest BCUT2D eigenvalue weighted by molar-refractivity contribution is 6.32. The van der Waals surface area contributed by atoms with E-state index >= 15 is 0 Å². The summed E-state index contributed by atoms with van der Waals surface area (Å²) in [6.07, 6.45) is 12.0. The van der Waals surface area contributed by atoms with Gasteiger partial charge in [-0.25, -0.2) is 4.79 Å². The van der Waals surface area contributed by atoms with Crippen molar-refractivity contribution in [3.63, 3.8) is 0 Å². The molecule has 0 radical (unpaired) electrons. The molecule has 180 valence electrons. The highest BCUT2D eigenvalue weighted by atomic mass is 35.5. The van der Waals surface area contributed by atoms with E-state index in [9.17, 15) is 4.79 Å². The summed E-state index contributed by atoms with van der Waals surface area (Å²) < 4.78 is 16.3. The van der Waals surface area contributed by atoms with Crippen LogP contribution in [0, 0.1) is 11.8 Å². The number of halogens is 1. The van der Waals surface area contributed by atoms with Crippen LogP contribution in [0.5, 0.6) is 0 Å². The molecule has 1 rings (SSSR count). The predicted molar refractivity (Wildman–Crippen MR) is 135 cm³/mol. The van der Waals surface area contributed by atoms with E-state index in [4.69, 9.17) is 25.8 Å². The maximum absolute atomic E-state index is 11.7. The number of ether oxygens (including phenoxy) is 3. The Morgan fingerprint density at radius 3 is 2.58 bits per heavy atom. The third-order valence-corrected chi connectivity index (χ3v) is 4.53. The van der Waals surface area contributed by atoms with Gasteiger partial charge in [-0.15, -0.1) is 5.73 Å². The van der Waals surface area contributed by atoms with E-state index in [1.807, 2.05) is 78.0 Å². The monoisotopic (exact) mass is 473 g/mol. The van der Waals surface area contributed by atoms with E-state index < -0.39 is 18.0 Å². The van der Waals surface area contributed by atoms with E-state index in [0.29, 0.717) is 37.6 Å². The second-order valence-electron chi connectivity index (χ2n) is 8.13. The lowest BCUT2D eigenvalue weighted by Gasteiger charge is -2.19. The molecule has 6 heteroatoms. The zero-order chi connectivity index (χ0) is 24.7. The molecular weight excluding hydrogens is 438 g/mol. The van der Waals surface area contributed by atoms with E-state index in [0.717, 1.165) is 16.7 Å². The van der Waals surface area contributed by atoms with Crippen LogP contribution in [0.3, 0.4) is 0 Å². The Hall–Kier alpha value is -2.48. The molecular formula is C27H36ClNO4. The van der Waals surface area contributed by atoms with Gasteiger partial charge in [0.05, 0.1) is 5.03 Å². The third-order valence-electron chi connectivity index (χ3n) is 4.12. The molecule has 1 N–H and O–H groups in total. The van der Waals surface area contributed by atoms with Crippen molar-refractivity contribution in [2.24, 2.45) is 0 Å². The minimum absolute atomic E-state index is 0.413. The van der Waals surface area contributed by atoms with Gasteiger partial charge in [-0.3, -0.25) is 0 Å². The molecule has 5 nitrogen and oxygen atoms in total. The molecule has 0 heterocycles. The minimum atomic E-state index is -0.583. The number of allylic oxidation sites excluding steroid dienone is 8. The average Bonchev–Trinajstić information content (AvgIpc) is 2.79. The summed E-state index contributed by atoms with van der Waals surface area (Å²) in [5.74, 6) is 6.24. The van der Waals surface area contributed by atoms with Gasteiger partial charge in [-0.2, -0.15) is 0 Å². The molecule has 0 aromatic rings. The normalized spacial score (nSPS) is 14.3. The van der Waals surface area contributed by atoms with Crippen LogP contribution in [-0.4, -0.2) is 37.7 Å². The van der Waals surface area contributed by atoms with Crippen molar-refractivity contribution < 1.29 is 19.0 Å². The number of hydrogen-bond acceptors (Lipinski definition) is 4. The van der Waals surface area contributed by atoms with Gasteiger partial charge in [0.2, 0.25) is 6.29 Å². The second-order valence-corrected chi connectivity index (χ2v) is 8.54. The lowest BCUT2D eigenvalue weighted by molar-refractivity contribution is -0.0969. The van der Waals surface area contributed by atoms with Crippen molar-refractivity contribution in [3.8, 4) is 11.8 Å². The Labute approximate surface area is 203 Å². The first-order chi connectivity index (χ1) is 15.7. The van der Waals surface area contributed by atoms with Crippen LogP contribution in [0.25, 0.3) is 0 Å². The minimum Gasteiger partial charge on any atom is -0.444 e. The summed E-state index contributed by atoms with van der Waals surface area (Å²) in [6.45, 7) is 12.8. The number of nitrogens with one attached hydrogen (secondary N) is 1. The van der Waals surface area contributed by atoms with Crippen molar-refractivity contribution >= 4 is 17.7 Å². The third kappa shape index (κ3) is 13.0. The topological polar surface area (TPSA) is 56.8 Å². The molecule has 0 aliphatic heterocycles. The summed E-state index contributed by atoms with van der Waals surface area (Å²) in [5, 5.41) is 3.38. The average molecular weight is 474 g/mol. The Morgan fingerprint density at radius 2 is 1.94 bits per heavy atom. The number of rotatable bonds is 9. The molecule has 0 atom stereocenters. The summed E-state index contributed by atoms with van der Waals surface area (Å²) in [5.41, 5.74) is 5.35. The van der Waals surface area contributed by atoms with Gasteiger partial charge in [0.15, 0.2) is 0 Å². The largest absolute Gasteiger partial charge is 0.444 e. The first-order valence-electron chi connectivity index (χ1n) is 11.2. The summed E-state index contributed by atoms with van der Waals surface area (Å²) >= 11 is 6.29. The standard InChI is InChI=1S/C27H36ClNO4/c1-7-31-25(32-8-2)19-18-23-17-16-21(3)24(28)15-12-14-22(23)13-10-9-11-20-29-26(30)33-27(4,5)6/h9-10,12,14-15,17,25H,7-8,11,13,20H2,1-6H3,(H,29,30). The van der Waals surface area contributed by atoms with Crippen LogP contribution in [0.15, 0.2) is 63.9 Å². The molecule has 0 aromatic carbocycles. The number of alkyl carbamates (subject to hydrolysis) is 1. The Bertz CT molecular complexity index is 895. The molecule has 1 aliphatic carbocycles. The second kappa shape index (κ2) is 15.4. The first kappa shape index (κ1) is 28.6. The van der Waals surface area contributed by atoms with Gasteiger partial charge in [0, 0.05) is 30.9 Å². The SMILES string of the molecule is CCOC(C#CC1=C(CC=CCCNC(=O)OC(C)(C)C)C=CC=C(Cl)C(C)=C=C1)OCC. The first-order valence-corrected chi connectivity index (χ1v) is 11.6. The van der Waals surface area contributed by atoms with E-state index in [1.165, 1.54) is 0 Å². The molecule has 0 spiro atoms. The van der Waals surface area contributed by atoms with Gasteiger partial charge in [0.25, 0.3) is 0 Å². The highest BCUT2D eigenvalue weighted by Gasteiger charge is 2.15. The van der Waals surface area contributed by atoms with E-state index in [2.05, 4.69) is 22.9 Å². The fraction of sp³-hybridized carbons (Fsp3) is 0.481. The van der Waals surface area contributed by atoms with Crippen LogP contribution in [-0.2, 0) is 14.2 Å². The van der Waals surface area contributed by atoms with Crippen molar-refractivity contribution in [3.05, 3.63) is 63.9 Å². The van der Waals surface area contributed by atoms with Crippen molar-refractivity contribution in [2.75, 3.05) is 19.8 Å². The smallest absolute Gasteiger partial charge is 0.407 e. The molecule has 0 unspecified atom stereocenters. The van der Waals surface area contributed by atoms with Gasteiger partial charge < -0.3 is 19.5 Å². The molecule has 0 saturated heterocycles. The Balaban J connectivity index is 2.96. The van der Waals surface area contributed by atoms with Crippen LogP contribution < -0.4 is 5.32 Å². The van der Waals surface area contributed by atoms with Gasteiger partial charge in [-0.1, -0.05) is 41.8 Å².